The maximum atomic E-state index is 13.3. The predicted octanol–water partition coefficient (Wildman–Crippen LogP) is 5.96. The Morgan fingerprint density at radius 1 is 0.714 bits per heavy atom. The molecule has 140 valence electrons. The van der Waals surface area contributed by atoms with Crippen LogP contribution in [0.1, 0.15) is 5.56 Å². The van der Waals surface area contributed by atoms with Crippen LogP contribution >= 0.6 is 0 Å². The lowest BCUT2D eigenvalue weighted by molar-refractivity contribution is -0.137. The number of benzene rings is 2. The first kappa shape index (κ1) is 17.9. The van der Waals surface area contributed by atoms with E-state index in [-0.39, 0.29) is 5.82 Å². The minimum absolute atomic E-state index is 0.368. The zero-order valence-corrected chi connectivity index (χ0v) is 14.3. The quantitative estimate of drug-likeness (QED) is 0.443. The molecule has 0 spiro atoms. The smallest absolute Gasteiger partial charge is 0.337 e. The topological polar surface area (TPSA) is 41.6 Å². The first-order chi connectivity index (χ1) is 13.4. The van der Waals surface area contributed by atoms with Gasteiger partial charge in [-0.15, -0.1) is 0 Å². The van der Waals surface area contributed by atoms with E-state index < -0.39 is 11.7 Å². The highest BCUT2D eigenvalue weighted by atomic mass is 19.4. The number of imidazole rings is 1. The van der Waals surface area contributed by atoms with Gasteiger partial charge >= 0.3 is 6.18 Å². The molecule has 7 heteroatoms. The predicted molar refractivity (Wildman–Crippen MR) is 97.7 cm³/mol. The fourth-order valence-electron chi connectivity index (χ4n) is 2.87. The second-order valence-electron chi connectivity index (χ2n) is 6.13. The van der Waals surface area contributed by atoms with E-state index in [0.717, 1.165) is 17.7 Å². The molecule has 0 amide bonds. The standard InChI is InChI=1S/C21H13F4N3/c22-17-7-3-13(4-8-17)18-19(14-9-11-26-12-10-14)28-20(27-18)15-1-5-16(6-2-15)21(23,24)25/h1-12H,(H,27,28). The molecular weight excluding hydrogens is 370 g/mol. The maximum absolute atomic E-state index is 13.3. The Bertz CT molecular complexity index is 1080. The fraction of sp³-hybridized carbons (Fsp3) is 0.0476. The molecule has 0 atom stereocenters. The van der Waals surface area contributed by atoms with E-state index in [2.05, 4.69) is 15.0 Å². The van der Waals surface area contributed by atoms with Crippen molar-refractivity contribution in [1.29, 1.82) is 0 Å². The zero-order valence-electron chi connectivity index (χ0n) is 14.3. The average molecular weight is 383 g/mol. The number of rotatable bonds is 3. The molecule has 0 fully saturated rings. The van der Waals surface area contributed by atoms with E-state index in [9.17, 15) is 17.6 Å². The molecule has 0 aliphatic heterocycles. The van der Waals surface area contributed by atoms with Gasteiger partial charge in [0.15, 0.2) is 0 Å². The number of aromatic amines is 1. The second-order valence-corrected chi connectivity index (χ2v) is 6.13. The molecular formula is C21H13F4N3. The molecule has 0 aliphatic rings. The van der Waals surface area contributed by atoms with Crippen LogP contribution in [-0.4, -0.2) is 15.0 Å². The molecule has 2 aromatic carbocycles. The van der Waals surface area contributed by atoms with Gasteiger partial charge in [0, 0.05) is 29.1 Å². The minimum atomic E-state index is -4.40. The molecule has 0 radical (unpaired) electrons. The summed E-state index contributed by atoms with van der Waals surface area (Å²) in [4.78, 5) is 11.7. The van der Waals surface area contributed by atoms with Crippen molar-refractivity contribution in [1.82, 2.24) is 15.0 Å². The molecule has 0 saturated heterocycles. The molecule has 2 aromatic heterocycles. The second kappa shape index (κ2) is 6.92. The van der Waals surface area contributed by atoms with Crippen LogP contribution in [0.15, 0.2) is 73.1 Å². The highest BCUT2D eigenvalue weighted by Crippen LogP contribution is 2.34. The number of hydrogen-bond donors (Lipinski definition) is 1. The Balaban J connectivity index is 1.82. The molecule has 1 N–H and O–H groups in total. The van der Waals surface area contributed by atoms with Gasteiger partial charge in [-0.3, -0.25) is 4.98 Å². The normalized spacial score (nSPS) is 11.6. The number of nitrogens with one attached hydrogen (secondary N) is 1. The lowest BCUT2D eigenvalue weighted by Crippen LogP contribution is -2.04. The maximum Gasteiger partial charge on any atom is 0.416 e. The summed E-state index contributed by atoms with van der Waals surface area (Å²) >= 11 is 0. The van der Waals surface area contributed by atoms with Crippen molar-refractivity contribution in [2.75, 3.05) is 0 Å². The monoisotopic (exact) mass is 383 g/mol. The summed E-state index contributed by atoms with van der Waals surface area (Å²) in [5.41, 5.74) is 2.51. The van der Waals surface area contributed by atoms with Crippen LogP contribution < -0.4 is 0 Å². The molecule has 4 aromatic rings. The van der Waals surface area contributed by atoms with Crippen LogP contribution in [0.5, 0.6) is 0 Å². The Hall–Kier alpha value is -3.48. The summed E-state index contributed by atoms with van der Waals surface area (Å²) in [6.45, 7) is 0. The van der Waals surface area contributed by atoms with Crippen LogP contribution in [0.25, 0.3) is 33.9 Å². The van der Waals surface area contributed by atoms with Gasteiger partial charge in [-0.2, -0.15) is 13.2 Å². The van der Waals surface area contributed by atoms with Gasteiger partial charge in [-0.05, 0) is 48.5 Å². The Morgan fingerprint density at radius 3 is 1.93 bits per heavy atom. The van der Waals surface area contributed by atoms with E-state index in [4.69, 9.17) is 0 Å². The van der Waals surface area contributed by atoms with Crippen molar-refractivity contribution in [2.45, 2.75) is 6.18 Å². The van der Waals surface area contributed by atoms with Gasteiger partial charge in [0.1, 0.15) is 11.6 Å². The van der Waals surface area contributed by atoms with Gasteiger partial charge in [0.05, 0.1) is 17.0 Å². The number of nitrogens with zero attached hydrogens (tertiary/aromatic N) is 2. The third kappa shape index (κ3) is 3.51. The van der Waals surface area contributed by atoms with E-state index >= 15 is 0 Å². The van der Waals surface area contributed by atoms with Gasteiger partial charge in [-0.25, -0.2) is 9.37 Å². The van der Waals surface area contributed by atoms with Crippen LogP contribution in [0, 0.1) is 5.82 Å². The van der Waals surface area contributed by atoms with Crippen LogP contribution in [-0.2, 0) is 6.18 Å². The molecule has 0 unspecified atom stereocenters. The summed E-state index contributed by atoms with van der Waals surface area (Å²) in [6, 6.07) is 14.2. The van der Waals surface area contributed by atoms with E-state index in [1.165, 1.54) is 24.3 Å². The zero-order chi connectivity index (χ0) is 19.7. The molecule has 28 heavy (non-hydrogen) atoms. The summed E-state index contributed by atoms with van der Waals surface area (Å²) in [7, 11) is 0. The molecule has 4 rings (SSSR count). The van der Waals surface area contributed by atoms with Crippen molar-refractivity contribution >= 4 is 0 Å². The van der Waals surface area contributed by atoms with Crippen LogP contribution in [0.2, 0.25) is 0 Å². The lowest BCUT2D eigenvalue weighted by Gasteiger charge is -2.06. The first-order valence-corrected chi connectivity index (χ1v) is 8.36. The Kier molecular flexibility index (Phi) is 4.43. The van der Waals surface area contributed by atoms with Crippen molar-refractivity contribution in [3.63, 3.8) is 0 Å². The number of hydrogen-bond acceptors (Lipinski definition) is 2. The summed E-state index contributed by atoms with van der Waals surface area (Å²) in [5.74, 6) is 0.0487. The largest absolute Gasteiger partial charge is 0.416 e. The molecule has 0 aliphatic carbocycles. The molecule has 3 nitrogen and oxygen atoms in total. The number of halogens is 4. The van der Waals surface area contributed by atoms with E-state index in [1.807, 2.05) is 0 Å². The van der Waals surface area contributed by atoms with Crippen molar-refractivity contribution in [2.24, 2.45) is 0 Å². The molecule has 0 bridgehead atoms. The van der Waals surface area contributed by atoms with Crippen molar-refractivity contribution in [3.05, 3.63) is 84.4 Å². The highest BCUT2D eigenvalue weighted by Gasteiger charge is 2.30. The molecule has 2 heterocycles. The van der Waals surface area contributed by atoms with Crippen molar-refractivity contribution in [3.8, 4) is 33.9 Å². The minimum Gasteiger partial charge on any atom is -0.337 e. The average Bonchev–Trinajstić information content (AvgIpc) is 3.14. The third-order valence-electron chi connectivity index (χ3n) is 4.28. The number of alkyl halides is 3. The third-order valence-corrected chi connectivity index (χ3v) is 4.28. The van der Waals surface area contributed by atoms with Crippen LogP contribution in [0.3, 0.4) is 0 Å². The Morgan fingerprint density at radius 2 is 1.32 bits per heavy atom. The van der Waals surface area contributed by atoms with E-state index in [0.29, 0.717) is 28.3 Å². The summed E-state index contributed by atoms with van der Waals surface area (Å²) in [5, 5.41) is 0. The molecule has 0 saturated carbocycles. The van der Waals surface area contributed by atoms with Gasteiger partial charge in [0.25, 0.3) is 0 Å². The summed E-state index contributed by atoms with van der Waals surface area (Å²) in [6.07, 6.45) is -1.14. The van der Waals surface area contributed by atoms with Gasteiger partial charge < -0.3 is 4.98 Å². The Labute approximate surface area is 157 Å². The summed E-state index contributed by atoms with van der Waals surface area (Å²) < 4.78 is 51.7. The number of aromatic nitrogens is 3. The van der Waals surface area contributed by atoms with Gasteiger partial charge in [0.2, 0.25) is 0 Å². The number of pyridine rings is 1. The lowest BCUT2D eigenvalue weighted by atomic mass is 10.1. The first-order valence-electron chi connectivity index (χ1n) is 8.36. The van der Waals surface area contributed by atoms with Crippen LogP contribution in [0.4, 0.5) is 17.6 Å². The fourth-order valence-corrected chi connectivity index (χ4v) is 2.87. The van der Waals surface area contributed by atoms with Gasteiger partial charge in [-0.1, -0.05) is 12.1 Å². The van der Waals surface area contributed by atoms with E-state index in [1.54, 1.807) is 36.7 Å². The SMILES string of the molecule is Fc1ccc(-c2nc(-c3ccc(C(F)(F)F)cc3)[nH]c2-c2ccncc2)cc1. The van der Waals surface area contributed by atoms with Crippen molar-refractivity contribution < 1.29 is 17.6 Å². The number of H-pyrrole nitrogens is 1. The highest BCUT2D eigenvalue weighted by molar-refractivity contribution is 5.81.